The minimum absolute atomic E-state index is 0.728. The molecule has 1 fully saturated rings. The summed E-state index contributed by atoms with van der Waals surface area (Å²) >= 11 is -0.782. The Morgan fingerprint density at radius 2 is 2.42 bits per heavy atom. The zero-order valence-electron chi connectivity index (χ0n) is 6.82. The lowest BCUT2D eigenvalue weighted by Gasteiger charge is -2.08. The molecule has 1 radical (unpaired) electrons. The van der Waals surface area contributed by atoms with Crippen molar-refractivity contribution < 1.29 is 4.55 Å². The molecule has 0 heterocycles. The highest BCUT2D eigenvalue weighted by atomic mass is 32.2. The topological polar surface area (TPSA) is 23.1 Å². The summed E-state index contributed by atoms with van der Waals surface area (Å²) < 4.78 is 11.6. The van der Waals surface area contributed by atoms with E-state index in [1.807, 2.05) is 24.3 Å². The molecule has 1 nitrogen and oxygen atoms in total. The van der Waals surface area contributed by atoms with E-state index in [0.717, 1.165) is 16.6 Å². The molecule has 0 bridgehead atoms. The molecule has 0 saturated heterocycles. The van der Waals surface area contributed by atoms with Gasteiger partial charge in [0.2, 0.25) is 0 Å². The second-order valence-corrected chi connectivity index (χ2v) is 4.69. The lowest BCUT2D eigenvalue weighted by atomic mass is 10.4. The predicted molar refractivity (Wildman–Crippen MR) is 49.3 cm³/mol. The average molecular weight is 179 g/mol. The van der Waals surface area contributed by atoms with Gasteiger partial charge in [-0.05, 0) is 36.2 Å². The number of benzene rings is 1. The van der Waals surface area contributed by atoms with Crippen LogP contribution in [0.5, 0.6) is 0 Å². The molecule has 1 aromatic rings. The maximum absolute atomic E-state index is 11.6. The third kappa shape index (κ3) is 2.02. The van der Waals surface area contributed by atoms with Crippen molar-refractivity contribution in [2.24, 2.45) is 5.92 Å². The van der Waals surface area contributed by atoms with Gasteiger partial charge in [-0.2, -0.15) is 0 Å². The molecule has 1 atom stereocenters. The van der Waals surface area contributed by atoms with Crippen LogP contribution in [-0.2, 0) is 11.2 Å². The molecule has 0 aliphatic heterocycles. The van der Waals surface area contributed by atoms with Gasteiger partial charge in [-0.15, -0.1) is 0 Å². The number of hydrogen-bond donors (Lipinski definition) is 0. The zero-order valence-corrected chi connectivity index (χ0v) is 7.64. The van der Waals surface area contributed by atoms with E-state index in [0.29, 0.717) is 0 Å². The molecule has 12 heavy (non-hydrogen) atoms. The Hall–Kier alpha value is -0.470. The average Bonchev–Trinajstić information content (AvgIpc) is 2.90. The summed E-state index contributed by atoms with van der Waals surface area (Å²) in [7, 11) is 0. The molecule has 1 saturated carbocycles. The maximum atomic E-state index is 11.6. The standard InChI is InChI=1S/C10H11OS/c11-12(8-9-6-7-9)10-4-2-1-3-5-10/h1-2,4-5,9H,6-8H2. The highest BCUT2D eigenvalue weighted by Gasteiger charge is 2.27. The summed E-state index contributed by atoms with van der Waals surface area (Å²) in [4.78, 5) is 0.921. The number of hydrogen-bond acceptors (Lipinski definition) is 1. The van der Waals surface area contributed by atoms with Crippen molar-refractivity contribution in [1.29, 1.82) is 0 Å². The predicted octanol–water partition coefficient (Wildman–Crippen LogP) is 2.00. The van der Waals surface area contributed by atoms with Crippen molar-refractivity contribution in [2.75, 3.05) is 5.75 Å². The maximum Gasteiger partial charge on any atom is 0.153 e. The Labute approximate surface area is 76.0 Å². The Balaban J connectivity index is 1.98. The van der Waals surface area contributed by atoms with Gasteiger partial charge in [-0.3, -0.25) is 0 Å². The number of rotatable bonds is 3. The first-order chi connectivity index (χ1) is 5.86. The molecule has 0 amide bonds. The molecule has 1 aromatic carbocycles. The van der Waals surface area contributed by atoms with Gasteiger partial charge >= 0.3 is 0 Å². The molecule has 0 N–H and O–H groups in total. The fourth-order valence-electron chi connectivity index (χ4n) is 1.11. The monoisotopic (exact) mass is 179 g/mol. The van der Waals surface area contributed by atoms with Crippen molar-refractivity contribution in [3.05, 3.63) is 30.3 Å². The summed E-state index contributed by atoms with van der Waals surface area (Å²) in [6, 6.07) is 10.4. The fourth-order valence-corrected chi connectivity index (χ4v) is 2.50. The van der Waals surface area contributed by atoms with Crippen LogP contribution in [0.4, 0.5) is 0 Å². The Morgan fingerprint density at radius 1 is 1.58 bits per heavy atom. The van der Waals surface area contributed by atoms with Crippen molar-refractivity contribution in [3.8, 4) is 0 Å². The van der Waals surface area contributed by atoms with Crippen LogP contribution in [0.15, 0.2) is 29.2 Å². The minimum Gasteiger partial charge on any atom is -0.611 e. The second kappa shape index (κ2) is 3.50. The van der Waals surface area contributed by atoms with Gasteiger partial charge in [-0.25, -0.2) is 0 Å². The van der Waals surface area contributed by atoms with Crippen LogP contribution in [-0.4, -0.2) is 10.3 Å². The van der Waals surface area contributed by atoms with E-state index in [2.05, 4.69) is 6.07 Å². The SMILES string of the molecule is [O-][S+](CC1CC1)c1c[c]ccc1. The summed E-state index contributed by atoms with van der Waals surface area (Å²) in [5.74, 6) is 1.57. The van der Waals surface area contributed by atoms with Crippen LogP contribution in [0.2, 0.25) is 0 Å². The Morgan fingerprint density at radius 3 is 3.00 bits per heavy atom. The van der Waals surface area contributed by atoms with Gasteiger partial charge in [0.05, 0.1) is 0 Å². The van der Waals surface area contributed by atoms with Crippen molar-refractivity contribution in [2.45, 2.75) is 17.7 Å². The summed E-state index contributed by atoms with van der Waals surface area (Å²) in [5, 5.41) is 0. The smallest absolute Gasteiger partial charge is 0.153 e. The lowest BCUT2D eigenvalue weighted by Crippen LogP contribution is -2.07. The van der Waals surface area contributed by atoms with Crippen molar-refractivity contribution in [3.63, 3.8) is 0 Å². The quantitative estimate of drug-likeness (QED) is 0.651. The van der Waals surface area contributed by atoms with Gasteiger partial charge in [0, 0.05) is 12.0 Å². The molecule has 1 unspecified atom stereocenters. The van der Waals surface area contributed by atoms with E-state index in [1.54, 1.807) is 0 Å². The van der Waals surface area contributed by atoms with Gasteiger partial charge in [0.15, 0.2) is 4.90 Å². The van der Waals surface area contributed by atoms with Crippen LogP contribution in [0, 0.1) is 12.0 Å². The van der Waals surface area contributed by atoms with Gasteiger partial charge in [-0.1, -0.05) is 12.1 Å². The molecular formula is C10H11OS. The van der Waals surface area contributed by atoms with Crippen LogP contribution in [0.3, 0.4) is 0 Å². The van der Waals surface area contributed by atoms with E-state index in [9.17, 15) is 4.55 Å². The molecule has 0 spiro atoms. The minimum atomic E-state index is -0.782. The summed E-state index contributed by atoms with van der Waals surface area (Å²) in [5.41, 5.74) is 0. The molecule has 1 aliphatic rings. The van der Waals surface area contributed by atoms with Crippen molar-refractivity contribution in [1.82, 2.24) is 0 Å². The van der Waals surface area contributed by atoms with Gasteiger partial charge in [0.1, 0.15) is 5.75 Å². The van der Waals surface area contributed by atoms with E-state index in [4.69, 9.17) is 0 Å². The molecule has 2 rings (SSSR count). The molecule has 63 valence electrons. The Kier molecular flexibility index (Phi) is 2.38. The zero-order chi connectivity index (χ0) is 8.39. The summed E-state index contributed by atoms with van der Waals surface area (Å²) in [6.45, 7) is 0. The third-order valence-corrected chi connectivity index (χ3v) is 3.58. The summed E-state index contributed by atoms with van der Waals surface area (Å²) in [6.07, 6.45) is 2.53. The first kappa shape index (κ1) is 8.14. The van der Waals surface area contributed by atoms with Gasteiger partial charge < -0.3 is 4.55 Å². The van der Waals surface area contributed by atoms with Gasteiger partial charge in [0.25, 0.3) is 0 Å². The first-order valence-electron chi connectivity index (χ1n) is 4.21. The third-order valence-electron chi connectivity index (χ3n) is 2.03. The highest BCUT2D eigenvalue weighted by Crippen LogP contribution is 2.31. The molecule has 0 aromatic heterocycles. The molecule has 2 heteroatoms. The normalized spacial score (nSPS) is 19.1. The van der Waals surface area contributed by atoms with E-state index < -0.39 is 11.2 Å². The molecular weight excluding hydrogens is 168 g/mol. The Bertz CT molecular complexity index is 243. The van der Waals surface area contributed by atoms with Crippen LogP contribution in [0.25, 0.3) is 0 Å². The van der Waals surface area contributed by atoms with E-state index >= 15 is 0 Å². The highest BCUT2D eigenvalue weighted by molar-refractivity contribution is 7.91. The van der Waals surface area contributed by atoms with Crippen LogP contribution >= 0.6 is 0 Å². The largest absolute Gasteiger partial charge is 0.611 e. The first-order valence-corrected chi connectivity index (χ1v) is 5.52. The fraction of sp³-hybridized carbons (Fsp3) is 0.400. The van der Waals surface area contributed by atoms with Crippen molar-refractivity contribution >= 4 is 11.2 Å². The molecule has 1 aliphatic carbocycles. The van der Waals surface area contributed by atoms with Crippen LogP contribution in [0.1, 0.15) is 12.8 Å². The van der Waals surface area contributed by atoms with E-state index in [1.165, 1.54) is 12.8 Å². The van der Waals surface area contributed by atoms with Crippen LogP contribution < -0.4 is 0 Å². The second-order valence-electron chi connectivity index (χ2n) is 3.19. The lowest BCUT2D eigenvalue weighted by molar-refractivity contribution is 0.591. The van der Waals surface area contributed by atoms with E-state index in [-0.39, 0.29) is 0 Å².